The Bertz CT molecular complexity index is 1040. The highest BCUT2D eigenvalue weighted by Crippen LogP contribution is 2.43. The minimum Gasteiger partial charge on any atom is -0.388 e. The Hall–Kier alpha value is -2.31. The van der Waals surface area contributed by atoms with Crippen LogP contribution in [0.15, 0.2) is 89.4 Å². The van der Waals surface area contributed by atoms with Crippen molar-refractivity contribution in [1.29, 1.82) is 0 Å². The van der Waals surface area contributed by atoms with Crippen molar-refractivity contribution in [3.05, 3.63) is 106 Å². The van der Waals surface area contributed by atoms with E-state index in [2.05, 4.69) is 20.8 Å². The van der Waals surface area contributed by atoms with Crippen LogP contribution >= 0.6 is 15.9 Å². The van der Waals surface area contributed by atoms with E-state index in [1.165, 1.54) is 0 Å². The quantitative estimate of drug-likeness (QED) is 0.403. The fraction of sp³-hybridized carbons (Fsp3) is 0.321. The fourth-order valence-corrected chi connectivity index (χ4v) is 5.07. The molecule has 1 aliphatic rings. The number of hydrogen-bond acceptors (Lipinski definition) is 4. The Morgan fingerprint density at radius 2 is 1.64 bits per heavy atom. The number of rotatable bonds is 8. The molecule has 0 aliphatic carbocycles. The number of nitrogens with zero attached hydrogens (tertiary/aromatic N) is 1. The molecule has 5 heteroatoms. The van der Waals surface area contributed by atoms with E-state index in [-0.39, 0.29) is 11.7 Å². The van der Waals surface area contributed by atoms with Crippen LogP contribution in [0, 0.1) is 5.92 Å². The number of hydrogen-bond donors (Lipinski definition) is 2. The molecule has 0 amide bonds. The molecule has 2 N–H and O–H groups in total. The number of benzene rings is 3. The van der Waals surface area contributed by atoms with Gasteiger partial charge in [-0.25, -0.2) is 0 Å². The Labute approximate surface area is 204 Å². The van der Waals surface area contributed by atoms with Gasteiger partial charge in [0.05, 0.1) is 11.7 Å². The van der Waals surface area contributed by atoms with Crippen LogP contribution in [0.4, 0.5) is 0 Å². The number of likely N-dealkylation sites (tertiary alicyclic amines) is 1. The van der Waals surface area contributed by atoms with Crippen molar-refractivity contribution in [3.8, 4) is 0 Å². The summed E-state index contributed by atoms with van der Waals surface area (Å²) in [7, 11) is 0. The van der Waals surface area contributed by atoms with E-state index in [0.29, 0.717) is 19.4 Å². The molecule has 4 rings (SSSR count). The van der Waals surface area contributed by atoms with E-state index < -0.39 is 11.7 Å². The summed E-state index contributed by atoms with van der Waals surface area (Å²) in [6, 6.07) is 26.7. The van der Waals surface area contributed by atoms with Crippen LogP contribution in [-0.2, 0) is 5.60 Å². The van der Waals surface area contributed by atoms with Gasteiger partial charge >= 0.3 is 0 Å². The average molecular weight is 508 g/mol. The van der Waals surface area contributed by atoms with Crippen LogP contribution < -0.4 is 0 Å². The summed E-state index contributed by atoms with van der Waals surface area (Å²) in [4.78, 5) is 14.8. The highest BCUT2D eigenvalue weighted by atomic mass is 79.9. The zero-order chi connectivity index (χ0) is 23.3. The largest absolute Gasteiger partial charge is 0.388 e. The first kappa shape index (κ1) is 23.8. The molecule has 0 spiro atoms. The average Bonchev–Trinajstić information content (AvgIpc) is 2.86. The van der Waals surface area contributed by atoms with Gasteiger partial charge in [-0.1, -0.05) is 88.7 Å². The molecule has 0 saturated carbocycles. The normalized spacial score (nSPS) is 22.1. The van der Waals surface area contributed by atoms with Gasteiger partial charge in [-0.2, -0.15) is 0 Å². The number of Topliss-reactive ketones (excluding diaryl/α,β-unsaturated/α-hetero) is 1. The summed E-state index contributed by atoms with van der Waals surface area (Å²) < 4.78 is 0.960. The zero-order valence-corrected chi connectivity index (χ0v) is 20.2. The SMILES string of the molecule is O=C(CCCN1CC[C@](O)(c2ccccc2)[C@@H](C(O)c2ccccc2)C1)c1ccc(Br)cc1. The lowest BCUT2D eigenvalue weighted by Crippen LogP contribution is -2.52. The number of aliphatic hydroxyl groups excluding tert-OH is 1. The predicted octanol–water partition coefficient (Wildman–Crippen LogP) is 5.36. The second-order valence-corrected chi connectivity index (χ2v) is 9.75. The van der Waals surface area contributed by atoms with Gasteiger partial charge in [0.1, 0.15) is 0 Å². The predicted molar refractivity (Wildman–Crippen MR) is 134 cm³/mol. The van der Waals surface area contributed by atoms with Crippen molar-refractivity contribution in [2.24, 2.45) is 5.92 Å². The fourth-order valence-electron chi connectivity index (χ4n) is 4.81. The molecule has 0 aromatic heterocycles. The monoisotopic (exact) mass is 507 g/mol. The summed E-state index contributed by atoms with van der Waals surface area (Å²) in [5, 5.41) is 23.1. The smallest absolute Gasteiger partial charge is 0.162 e. The van der Waals surface area contributed by atoms with Gasteiger partial charge in [0.15, 0.2) is 5.78 Å². The lowest BCUT2D eigenvalue weighted by atomic mass is 9.72. The van der Waals surface area contributed by atoms with Gasteiger partial charge in [-0.3, -0.25) is 4.79 Å². The van der Waals surface area contributed by atoms with Gasteiger partial charge in [0.25, 0.3) is 0 Å². The molecule has 1 heterocycles. The summed E-state index contributed by atoms with van der Waals surface area (Å²) in [6.45, 7) is 2.04. The van der Waals surface area contributed by atoms with Crippen molar-refractivity contribution in [2.75, 3.05) is 19.6 Å². The maximum absolute atomic E-state index is 12.5. The first-order valence-corrected chi connectivity index (χ1v) is 12.3. The summed E-state index contributed by atoms with van der Waals surface area (Å²) in [6.07, 6.45) is 0.968. The molecular formula is C28H30BrNO3. The molecule has 1 aliphatic heterocycles. The third-order valence-corrected chi connectivity index (χ3v) is 7.25. The number of aliphatic hydroxyl groups is 2. The molecule has 1 fully saturated rings. The second-order valence-electron chi connectivity index (χ2n) is 8.84. The van der Waals surface area contributed by atoms with Crippen molar-refractivity contribution in [1.82, 2.24) is 4.90 Å². The van der Waals surface area contributed by atoms with Crippen LogP contribution in [-0.4, -0.2) is 40.5 Å². The third-order valence-electron chi connectivity index (χ3n) is 6.72. The van der Waals surface area contributed by atoms with E-state index in [0.717, 1.165) is 40.7 Å². The number of halogens is 1. The van der Waals surface area contributed by atoms with Gasteiger partial charge in [-0.05, 0) is 42.6 Å². The maximum Gasteiger partial charge on any atom is 0.162 e. The van der Waals surface area contributed by atoms with Crippen LogP contribution in [0.1, 0.15) is 46.9 Å². The highest BCUT2D eigenvalue weighted by Gasteiger charge is 2.46. The second kappa shape index (κ2) is 10.7. The zero-order valence-electron chi connectivity index (χ0n) is 18.6. The maximum atomic E-state index is 12.5. The van der Waals surface area contributed by atoms with E-state index in [1.807, 2.05) is 84.9 Å². The van der Waals surface area contributed by atoms with Crippen molar-refractivity contribution in [2.45, 2.75) is 31.0 Å². The van der Waals surface area contributed by atoms with Gasteiger partial charge in [0, 0.05) is 35.5 Å². The van der Waals surface area contributed by atoms with Gasteiger partial charge in [-0.15, -0.1) is 0 Å². The lowest BCUT2D eigenvalue weighted by Gasteiger charge is -2.47. The first-order chi connectivity index (χ1) is 16.0. The molecule has 1 unspecified atom stereocenters. The Morgan fingerprint density at radius 3 is 2.30 bits per heavy atom. The van der Waals surface area contributed by atoms with Crippen LogP contribution in [0.2, 0.25) is 0 Å². The Kier molecular flexibility index (Phi) is 7.76. The molecule has 172 valence electrons. The van der Waals surface area contributed by atoms with Crippen LogP contribution in [0.3, 0.4) is 0 Å². The molecule has 33 heavy (non-hydrogen) atoms. The highest BCUT2D eigenvalue weighted by molar-refractivity contribution is 9.10. The summed E-state index contributed by atoms with van der Waals surface area (Å²) in [5.41, 5.74) is 1.27. The van der Waals surface area contributed by atoms with Crippen molar-refractivity contribution >= 4 is 21.7 Å². The minimum atomic E-state index is -1.11. The van der Waals surface area contributed by atoms with E-state index in [4.69, 9.17) is 0 Å². The van der Waals surface area contributed by atoms with Crippen molar-refractivity contribution < 1.29 is 15.0 Å². The molecule has 3 atom stereocenters. The van der Waals surface area contributed by atoms with E-state index in [1.54, 1.807) is 0 Å². The standard InChI is InChI=1S/C28H30BrNO3/c29-24-15-13-21(14-16-24)26(31)12-7-18-30-19-17-28(33,23-10-5-2-6-11-23)25(20-30)27(32)22-8-3-1-4-9-22/h1-6,8-11,13-16,25,27,32-33H,7,12,17-20H2/t25-,27?,28+/m1/s1. The van der Waals surface area contributed by atoms with Crippen molar-refractivity contribution in [3.63, 3.8) is 0 Å². The molecule has 3 aromatic rings. The Morgan fingerprint density at radius 1 is 1.00 bits per heavy atom. The Balaban J connectivity index is 1.45. The molecule has 4 nitrogen and oxygen atoms in total. The van der Waals surface area contributed by atoms with E-state index in [9.17, 15) is 15.0 Å². The number of ketones is 1. The topological polar surface area (TPSA) is 60.8 Å². The van der Waals surface area contributed by atoms with Crippen LogP contribution in [0.5, 0.6) is 0 Å². The van der Waals surface area contributed by atoms with Gasteiger partial charge in [0.2, 0.25) is 0 Å². The molecular weight excluding hydrogens is 478 g/mol. The molecule has 1 saturated heterocycles. The minimum absolute atomic E-state index is 0.140. The van der Waals surface area contributed by atoms with E-state index >= 15 is 0 Å². The number of carbonyl (C=O) groups is 1. The molecule has 0 radical (unpaired) electrons. The molecule has 0 bridgehead atoms. The number of carbonyl (C=O) groups excluding carboxylic acids is 1. The molecule has 3 aromatic carbocycles. The first-order valence-electron chi connectivity index (χ1n) is 11.5. The third kappa shape index (κ3) is 5.61. The summed E-state index contributed by atoms with van der Waals surface area (Å²) in [5.74, 6) is -0.237. The summed E-state index contributed by atoms with van der Waals surface area (Å²) >= 11 is 3.40. The van der Waals surface area contributed by atoms with Crippen LogP contribution in [0.25, 0.3) is 0 Å². The lowest BCUT2D eigenvalue weighted by molar-refractivity contribution is -0.122. The number of piperidine rings is 1. The van der Waals surface area contributed by atoms with Gasteiger partial charge < -0.3 is 15.1 Å².